The van der Waals surface area contributed by atoms with Crippen LogP contribution in [0.5, 0.6) is 0 Å². The first kappa shape index (κ1) is 15.7. The van der Waals surface area contributed by atoms with Crippen molar-refractivity contribution in [2.45, 2.75) is 46.6 Å². The highest BCUT2D eigenvalue weighted by Crippen LogP contribution is 2.21. The fraction of sp³-hybridized carbons (Fsp3) is 0.917. The Hall–Kier alpha value is -0.280. The Kier molecular flexibility index (Phi) is 6.34. The lowest BCUT2D eigenvalue weighted by molar-refractivity contribution is -0.134. The van der Waals surface area contributed by atoms with E-state index < -0.39 is 0 Å². The van der Waals surface area contributed by atoms with Crippen LogP contribution < -0.4 is 5.32 Å². The molecule has 0 aromatic rings. The van der Waals surface area contributed by atoms with Gasteiger partial charge in [0.05, 0.1) is 0 Å². The zero-order chi connectivity index (χ0) is 11.5. The van der Waals surface area contributed by atoms with Crippen LogP contribution in [0, 0.1) is 5.41 Å². The van der Waals surface area contributed by atoms with E-state index in [0.717, 1.165) is 26.1 Å². The van der Waals surface area contributed by atoms with Crippen LogP contribution in [0.4, 0.5) is 0 Å². The quantitative estimate of drug-likeness (QED) is 0.811. The molecule has 1 aliphatic rings. The predicted octanol–water partition coefficient (Wildman–Crippen LogP) is 2.05. The topological polar surface area (TPSA) is 32.3 Å². The van der Waals surface area contributed by atoms with Gasteiger partial charge in [0.25, 0.3) is 0 Å². The van der Waals surface area contributed by atoms with Crippen LogP contribution in [-0.4, -0.2) is 36.5 Å². The molecule has 1 amide bonds. The molecule has 3 nitrogen and oxygen atoms in total. The maximum Gasteiger partial charge on any atom is 0.222 e. The van der Waals surface area contributed by atoms with Crippen molar-refractivity contribution in [2.75, 3.05) is 19.6 Å². The van der Waals surface area contributed by atoms with E-state index in [4.69, 9.17) is 0 Å². The fourth-order valence-corrected chi connectivity index (χ4v) is 1.84. The Balaban J connectivity index is 0.00000225. The second-order valence-electron chi connectivity index (χ2n) is 5.70. The molecule has 16 heavy (non-hydrogen) atoms. The number of hydrogen-bond donors (Lipinski definition) is 1. The van der Waals surface area contributed by atoms with Crippen molar-refractivity contribution in [1.29, 1.82) is 0 Å². The van der Waals surface area contributed by atoms with Crippen LogP contribution in [0.25, 0.3) is 0 Å². The van der Waals surface area contributed by atoms with Crippen molar-refractivity contribution < 1.29 is 4.79 Å². The molecule has 1 atom stereocenters. The average Bonchev–Trinajstić information content (AvgIpc) is 2.14. The number of nitrogens with one attached hydrogen (secondary N) is 1. The molecule has 1 saturated heterocycles. The van der Waals surface area contributed by atoms with Gasteiger partial charge < -0.3 is 10.2 Å². The molecule has 1 unspecified atom stereocenters. The number of halogens is 1. The van der Waals surface area contributed by atoms with Gasteiger partial charge in [0, 0.05) is 32.1 Å². The van der Waals surface area contributed by atoms with Crippen LogP contribution >= 0.6 is 12.4 Å². The molecule has 1 N–H and O–H groups in total. The lowest BCUT2D eigenvalue weighted by atomic mass is 9.90. The Morgan fingerprint density at radius 3 is 2.56 bits per heavy atom. The molecule has 1 aliphatic heterocycles. The zero-order valence-electron chi connectivity index (χ0n) is 10.9. The third-order valence-electron chi connectivity index (χ3n) is 2.91. The number of rotatable bonds is 2. The summed E-state index contributed by atoms with van der Waals surface area (Å²) in [5, 5.41) is 3.30. The first-order chi connectivity index (χ1) is 6.90. The summed E-state index contributed by atoms with van der Waals surface area (Å²) in [6, 6.07) is 0.353. The molecule has 1 rings (SSSR count). The SMILES string of the molecule is CC1CNCCN1C(=O)CCC(C)(C)C.Cl. The summed E-state index contributed by atoms with van der Waals surface area (Å²) in [5.74, 6) is 0.318. The van der Waals surface area contributed by atoms with Gasteiger partial charge in [0.15, 0.2) is 0 Å². The molecule has 0 aromatic carbocycles. The molecular weight excluding hydrogens is 224 g/mol. The van der Waals surface area contributed by atoms with E-state index in [-0.39, 0.29) is 17.8 Å². The standard InChI is InChI=1S/C12H24N2O.ClH/c1-10-9-13-7-8-14(10)11(15)5-6-12(2,3)4;/h10,13H,5-9H2,1-4H3;1H. The summed E-state index contributed by atoms with van der Waals surface area (Å²) in [4.78, 5) is 14.0. The van der Waals surface area contributed by atoms with Gasteiger partial charge in [-0.2, -0.15) is 0 Å². The first-order valence-corrected chi connectivity index (χ1v) is 5.90. The largest absolute Gasteiger partial charge is 0.337 e. The molecule has 1 heterocycles. The molecule has 0 aromatic heterocycles. The minimum absolute atomic E-state index is 0. The van der Waals surface area contributed by atoms with Crippen molar-refractivity contribution in [3.8, 4) is 0 Å². The molecule has 0 aliphatic carbocycles. The highest BCUT2D eigenvalue weighted by atomic mass is 35.5. The fourth-order valence-electron chi connectivity index (χ4n) is 1.84. The summed E-state index contributed by atoms with van der Waals surface area (Å²) in [7, 11) is 0. The molecule has 0 radical (unpaired) electrons. The van der Waals surface area contributed by atoms with E-state index in [0.29, 0.717) is 18.4 Å². The van der Waals surface area contributed by atoms with Crippen molar-refractivity contribution in [3.63, 3.8) is 0 Å². The number of carbonyl (C=O) groups is 1. The number of hydrogen-bond acceptors (Lipinski definition) is 2. The molecule has 0 spiro atoms. The van der Waals surface area contributed by atoms with Gasteiger partial charge in [-0.1, -0.05) is 20.8 Å². The van der Waals surface area contributed by atoms with Gasteiger partial charge >= 0.3 is 0 Å². The maximum atomic E-state index is 12.0. The number of amides is 1. The second kappa shape index (κ2) is 6.45. The van der Waals surface area contributed by atoms with Crippen molar-refractivity contribution in [2.24, 2.45) is 5.41 Å². The van der Waals surface area contributed by atoms with Crippen molar-refractivity contribution in [1.82, 2.24) is 10.2 Å². The molecule has 0 bridgehead atoms. The van der Waals surface area contributed by atoms with E-state index in [1.54, 1.807) is 0 Å². The van der Waals surface area contributed by atoms with Gasteiger partial charge in [-0.15, -0.1) is 12.4 Å². The van der Waals surface area contributed by atoms with Crippen LogP contribution in [-0.2, 0) is 4.79 Å². The molecule has 4 heteroatoms. The maximum absolute atomic E-state index is 12.0. The summed E-state index contributed by atoms with van der Waals surface area (Å²) in [6.45, 7) is 11.4. The van der Waals surface area contributed by atoms with Gasteiger partial charge in [-0.05, 0) is 18.8 Å². The average molecular weight is 249 g/mol. The second-order valence-corrected chi connectivity index (χ2v) is 5.70. The third-order valence-corrected chi connectivity index (χ3v) is 2.91. The molecular formula is C12H25ClN2O. The number of carbonyl (C=O) groups excluding carboxylic acids is 1. The minimum Gasteiger partial charge on any atom is -0.337 e. The smallest absolute Gasteiger partial charge is 0.222 e. The zero-order valence-corrected chi connectivity index (χ0v) is 11.7. The first-order valence-electron chi connectivity index (χ1n) is 5.90. The molecule has 1 fully saturated rings. The van der Waals surface area contributed by atoms with E-state index in [2.05, 4.69) is 33.0 Å². The van der Waals surface area contributed by atoms with Crippen LogP contribution in [0.15, 0.2) is 0 Å². The predicted molar refractivity (Wildman–Crippen MR) is 70.0 cm³/mol. The Morgan fingerprint density at radius 2 is 2.06 bits per heavy atom. The third kappa shape index (κ3) is 5.17. The minimum atomic E-state index is 0. The number of nitrogens with zero attached hydrogens (tertiary/aromatic N) is 1. The highest BCUT2D eigenvalue weighted by molar-refractivity contribution is 5.85. The van der Waals surface area contributed by atoms with Crippen LogP contribution in [0.2, 0.25) is 0 Å². The van der Waals surface area contributed by atoms with Crippen molar-refractivity contribution in [3.05, 3.63) is 0 Å². The number of piperazine rings is 1. The summed E-state index contributed by atoms with van der Waals surface area (Å²) >= 11 is 0. The lowest BCUT2D eigenvalue weighted by Crippen LogP contribution is -2.52. The lowest BCUT2D eigenvalue weighted by Gasteiger charge is -2.34. The Bertz CT molecular complexity index is 226. The normalized spacial score (nSPS) is 21.5. The highest BCUT2D eigenvalue weighted by Gasteiger charge is 2.23. The van der Waals surface area contributed by atoms with Gasteiger partial charge in [-0.3, -0.25) is 4.79 Å². The van der Waals surface area contributed by atoms with E-state index >= 15 is 0 Å². The van der Waals surface area contributed by atoms with Crippen molar-refractivity contribution >= 4 is 18.3 Å². The van der Waals surface area contributed by atoms with E-state index in [1.165, 1.54) is 0 Å². The monoisotopic (exact) mass is 248 g/mol. The van der Waals surface area contributed by atoms with Gasteiger partial charge in [-0.25, -0.2) is 0 Å². The van der Waals surface area contributed by atoms with Gasteiger partial charge in [0.2, 0.25) is 5.91 Å². The molecule has 96 valence electrons. The van der Waals surface area contributed by atoms with E-state index in [1.807, 2.05) is 4.90 Å². The van der Waals surface area contributed by atoms with E-state index in [9.17, 15) is 4.79 Å². The molecule has 0 saturated carbocycles. The summed E-state index contributed by atoms with van der Waals surface area (Å²) in [6.07, 6.45) is 1.66. The summed E-state index contributed by atoms with van der Waals surface area (Å²) < 4.78 is 0. The van der Waals surface area contributed by atoms with Crippen LogP contribution in [0.1, 0.15) is 40.5 Å². The Morgan fingerprint density at radius 1 is 1.44 bits per heavy atom. The van der Waals surface area contributed by atoms with Gasteiger partial charge in [0.1, 0.15) is 0 Å². The Labute approximate surface area is 105 Å². The summed E-state index contributed by atoms with van der Waals surface area (Å²) in [5.41, 5.74) is 0.257. The van der Waals surface area contributed by atoms with Crippen LogP contribution in [0.3, 0.4) is 0 Å².